The Hall–Kier alpha value is -4.87. The van der Waals surface area contributed by atoms with E-state index >= 15 is 0 Å². The largest absolute Gasteiger partial charge is 0.394 e. The molecule has 1 fully saturated rings. The van der Waals surface area contributed by atoms with Crippen LogP contribution in [0.3, 0.4) is 0 Å². The van der Waals surface area contributed by atoms with E-state index in [0.717, 1.165) is 50.9 Å². The summed E-state index contributed by atoms with van der Waals surface area (Å²) in [4.78, 5) is 41.6. The van der Waals surface area contributed by atoms with Crippen molar-refractivity contribution in [2.75, 3.05) is 13.2 Å². The Morgan fingerprint density at radius 2 is 1.76 bits per heavy atom. The van der Waals surface area contributed by atoms with E-state index in [1.165, 1.54) is 5.56 Å². The number of carbonyl (C=O) groups excluding carboxylic acids is 2. The van der Waals surface area contributed by atoms with Gasteiger partial charge in [-0.15, -0.1) is 0 Å². The van der Waals surface area contributed by atoms with E-state index in [1.807, 2.05) is 36.4 Å². The second-order valence-corrected chi connectivity index (χ2v) is 13.6. The zero-order chi connectivity index (χ0) is 34.9. The molecule has 3 aromatic carbocycles. The summed E-state index contributed by atoms with van der Waals surface area (Å²) in [6, 6.07) is 21.4. The Bertz CT molecular complexity index is 2180. The molecule has 0 spiro atoms. The maximum absolute atomic E-state index is 13.3. The molecule has 7 rings (SSSR count). The van der Waals surface area contributed by atoms with Crippen LogP contribution in [0, 0.1) is 6.92 Å². The first kappa shape index (κ1) is 33.6. The molecule has 0 saturated carbocycles. The highest BCUT2D eigenvalue weighted by atomic mass is 35.5. The molecule has 256 valence electrons. The Morgan fingerprint density at radius 3 is 2.54 bits per heavy atom. The van der Waals surface area contributed by atoms with E-state index in [4.69, 9.17) is 17.3 Å². The molecule has 10 nitrogen and oxygen atoms in total. The Labute approximate surface area is 294 Å². The lowest BCUT2D eigenvalue weighted by Crippen LogP contribution is -2.47. The fraction of sp³-hybridized carbons (Fsp3) is 0.282. The molecule has 2 amide bonds. The smallest absolute Gasteiger partial charge is 0.262 e. The van der Waals surface area contributed by atoms with Gasteiger partial charge in [-0.2, -0.15) is 0 Å². The molecule has 0 unspecified atom stereocenters. The van der Waals surface area contributed by atoms with Gasteiger partial charge >= 0.3 is 0 Å². The fourth-order valence-electron chi connectivity index (χ4n) is 7.10. The number of carbonyl (C=O) groups is 2. The van der Waals surface area contributed by atoms with Gasteiger partial charge < -0.3 is 26.8 Å². The lowest BCUT2D eigenvalue weighted by Gasteiger charge is -2.16. The number of aliphatic hydroxyl groups excluding tert-OH is 1. The van der Waals surface area contributed by atoms with Gasteiger partial charge in [-0.05, 0) is 77.3 Å². The van der Waals surface area contributed by atoms with Crippen molar-refractivity contribution in [2.24, 2.45) is 5.73 Å². The monoisotopic (exact) mass is 690 g/mol. The van der Waals surface area contributed by atoms with Crippen LogP contribution in [0.15, 0.2) is 83.9 Å². The highest BCUT2D eigenvalue weighted by molar-refractivity contribution is 6.36. The maximum atomic E-state index is 13.3. The number of fused-ring (bicyclic) bond motifs is 2. The number of nitrogens with two attached hydrogens (primary N) is 1. The molecule has 3 heterocycles. The Morgan fingerprint density at radius 1 is 1.02 bits per heavy atom. The van der Waals surface area contributed by atoms with Crippen LogP contribution >= 0.6 is 11.6 Å². The quantitative estimate of drug-likeness (QED) is 0.149. The average molecular weight is 691 g/mol. The number of hydrogen-bond acceptors (Lipinski definition) is 7. The van der Waals surface area contributed by atoms with Gasteiger partial charge in [-0.1, -0.05) is 66.2 Å². The van der Waals surface area contributed by atoms with Gasteiger partial charge in [0.15, 0.2) is 0 Å². The van der Waals surface area contributed by atoms with E-state index < -0.39 is 12.6 Å². The number of halogens is 1. The van der Waals surface area contributed by atoms with Crippen molar-refractivity contribution in [3.05, 3.63) is 117 Å². The number of benzene rings is 3. The number of rotatable bonds is 10. The number of hydrogen-bond donors (Lipinski definition) is 5. The first-order valence-corrected chi connectivity index (χ1v) is 17.3. The highest BCUT2D eigenvalue weighted by Gasteiger charge is 2.26. The molecule has 3 atom stereocenters. The topological polar surface area (TPSA) is 151 Å². The van der Waals surface area contributed by atoms with Crippen LogP contribution in [-0.2, 0) is 29.0 Å². The second kappa shape index (κ2) is 14.2. The van der Waals surface area contributed by atoms with E-state index in [2.05, 4.69) is 58.2 Å². The highest BCUT2D eigenvalue weighted by Crippen LogP contribution is 2.41. The van der Waals surface area contributed by atoms with E-state index in [0.29, 0.717) is 48.6 Å². The Balaban J connectivity index is 1.12. The first-order chi connectivity index (χ1) is 24.2. The molecule has 0 bridgehead atoms. The van der Waals surface area contributed by atoms with Crippen LogP contribution in [0.2, 0.25) is 5.02 Å². The SMILES string of the molecule is Cc1c(-c2ccn3c(=O)c(CNC[C@H]4CCC(=O)N4)cnc3c2)cccc1-c1cccc(-c2ccc3c(c2)C[C@@H](NC(=O)[C@@H](N)CO)C3)c1Cl. The summed E-state index contributed by atoms with van der Waals surface area (Å²) in [6.45, 7) is 2.66. The third kappa shape index (κ3) is 6.67. The number of aliphatic hydroxyl groups is 1. The van der Waals surface area contributed by atoms with Crippen LogP contribution in [0.4, 0.5) is 0 Å². The number of nitrogens with one attached hydrogen (secondary N) is 3. The summed E-state index contributed by atoms with van der Waals surface area (Å²) in [5.74, 6) is -0.280. The van der Waals surface area contributed by atoms with Gasteiger partial charge in [0, 0.05) is 60.7 Å². The van der Waals surface area contributed by atoms with Gasteiger partial charge in [-0.25, -0.2) is 4.98 Å². The molecule has 2 aromatic heterocycles. The van der Waals surface area contributed by atoms with Crippen LogP contribution in [0.1, 0.15) is 35.1 Å². The minimum atomic E-state index is -0.929. The van der Waals surface area contributed by atoms with Crippen LogP contribution in [0.25, 0.3) is 39.0 Å². The van der Waals surface area contributed by atoms with Crippen molar-refractivity contribution < 1.29 is 14.7 Å². The first-order valence-electron chi connectivity index (χ1n) is 16.9. The lowest BCUT2D eigenvalue weighted by molar-refractivity contribution is -0.123. The van der Waals surface area contributed by atoms with Crippen molar-refractivity contribution in [1.29, 1.82) is 0 Å². The molecule has 2 aliphatic rings. The predicted octanol–water partition coefficient (Wildman–Crippen LogP) is 3.93. The van der Waals surface area contributed by atoms with Crippen molar-refractivity contribution in [3.8, 4) is 33.4 Å². The van der Waals surface area contributed by atoms with Gasteiger partial charge in [0.1, 0.15) is 11.7 Å². The van der Waals surface area contributed by atoms with Crippen molar-refractivity contribution in [1.82, 2.24) is 25.3 Å². The van der Waals surface area contributed by atoms with Crippen LogP contribution < -0.4 is 27.2 Å². The molecule has 0 radical (unpaired) electrons. The molecule has 5 aromatic rings. The molecule has 1 saturated heterocycles. The summed E-state index contributed by atoms with van der Waals surface area (Å²) in [5, 5.41) is 19.0. The van der Waals surface area contributed by atoms with Gasteiger partial charge in [0.05, 0.1) is 11.6 Å². The van der Waals surface area contributed by atoms with E-state index in [1.54, 1.807) is 16.8 Å². The third-order valence-electron chi connectivity index (χ3n) is 9.84. The third-order valence-corrected chi connectivity index (χ3v) is 10.2. The number of pyridine rings is 1. The molecule has 6 N–H and O–H groups in total. The van der Waals surface area contributed by atoms with Crippen molar-refractivity contribution in [2.45, 2.75) is 57.3 Å². The molecule has 1 aliphatic heterocycles. The van der Waals surface area contributed by atoms with Crippen molar-refractivity contribution >= 4 is 29.1 Å². The number of amides is 2. The summed E-state index contributed by atoms with van der Waals surface area (Å²) in [6.07, 6.45) is 6.12. The summed E-state index contributed by atoms with van der Waals surface area (Å²) in [5.41, 5.74) is 15.8. The Kier molecular flexibility index (Phi) is 9.52. The number of aromatic nitrogens is 2. The summed E-state index contributed by atoms with van der Waals surface area (Å²) >= 11 is 7.17. The molecular formula is C39H39ClN6O4. The maximum Gasteiger partial charge on any atom is 0.262 e. The number of nitrogens with zero attached hydrogens (tertiary/aromatic N) is 2. The minimum absolute atomic E-state index is 0.0684. The van der Waals surface area contributed by atoms with Gasteiger partial charge in [0.2, 0.25) is 11.8 Å². The standard InChI is InChI=1S/C39H39ClN6O4/c1-22-30(25-12-13-46-35(17-25)43-19-27(39(46)50)18-42-20-28-10-11-36(48)44-28)4-2-5-31(22)33-7-3-6-32(37(33)40)24-9-8-23-15-29(16-26(23)14-24)45-38(49)34(41)21-47/h2-9,12-14,17,19,28-29,34,42,47H,10-11,15-16,18,20-21,41H2,1H3,(H,44,48)(H,45,49)/t28-,29+,34+/m1/s1. The zero-order valence-electron chi connectivity index (χ0n) is 27.7. The van der Waals surface area contributed by atoms with E-state index in [-0.39, 0.29) is 29.5 Å². The zero-order valence-corrected chi connectivity index (χ0v) is 28.5. The summed E-state index contributed by atoms with van der Waals surface area (Å²) < 4.78 is 1.56. The molecule has 50 heavy (non-hydrogen) atoms. The van der Waals surface area contributed by atoms with Gasteiger partial charge in [-0.3, -0.25) is 18.8 Å². The fourth-order valence-corrected chi connectivity index (χ4v) is 7.43. The minimum Gasteiger partial charge on any atom is -0.394 e. The molecule has 1 aliphatic carbocycles. The molecule has 11 heteroatoms. The van der Waals surface area contributed by atoms with E-state index in [9.17, 15) is 19.5 Å². The normalized spacial score (nSPS) is 17.5. The lowest BCUT2D eigenvalue weighted by atomic mass is 9.91. The van der Waals surface area contributed by atoms with Crippen molar-refractivity contribution in [3.63, 3.8) is 0 Å². The summed E-state index contributed by atoms with van der Waals surface area (Å²) in [7, 11) is 0. The second-order valence-electron chi connectivity index (χ2n) is 13.2. The van der Waals surface area contributed by atoms with Gasteiger partial charge in [0.25, 0.3) is 5.56 Å². The van der Waals surface area contributed by atoms with Crippen LogP contribution in [-0.4, -0.2) is 57.6 Å². The predicted molar refractivity (Wildman–Crippen MR) is 195 cm³/mol. The molecular weight excluding hydrogens is 652 g/mol. The average Bonchev–Trinajstić information content (AvgIpc) is 3.73. The van der Waals surface area contributed by atoms with Crippen LogP contribution in [0.5, 0.6) is 0 Å².